The van der Waals surface area contributed by atoms with Crippen LogP contribution < -0.4 is 5.32 Å². The van der Waals surface area contributed by atoms with Gasteiger partial charge in [0.2, 0.25) is 5.91 Å². The number of anilines is 1. The van der Waals surface area contributed by atoms with E-state index in [-0.39, 0.29) is 30.0 Å². The highest BCUT2D eigenvalue weighted by Gasteiger charge is 2.29. The number of amides is 2. The van der Waals surface area contributed by atoms with Gasteiger partial charge >= 0.3 is 5.97 Å². The van der Waals surface area contributed by atoms with Crippen LogP contribution in [0.5, 0.6) is 0 Å². The number of nitrogens with zero attached hydrogens (tertiary/aromatic N) is 3. The van der Waals surface area contributed by atoms with Gasteiger partial charge in [-0.25, -0.2) is 9.48 Å². The van der Waals surface area contributed by atoms with Crippen molar-refractivity contribution in [2.75, 3.05) is 25.0 Å². The molecule has 1 aliphatic rings. The number of aromatic nitrogens is 2. The molecule has 2 aromatic heterocycles. The molecule has 0 bridgehead atoms. The first kappa shape index (κ1) is 21.4. The quantitative estimate of drug-likeness (QED) is 0.595. The normalized spacial score (nSPS) is 15.9. The second kappa shape index (κ2) is 9.51. The maximum atomic E-state index is 12.9. The smallest absolute Gasteiger partial charge is 0.358 e. The molecular weight excluding hydrogens is 412 g/mol. The zero-order valence-corrected chi connectivity index (χ0v) is 17.7. The average Bonchev–Trinajstić information content (AvgIpc) is 3.52. The Morgan fingerprint density at radius 1 is 1.25 bits per heavy atom. The lowest BCUT2D eigenvalue weighted by Crippen LogP contribution is -2.43. The van der Waals surface area contributed by atoms with Crippen molar-refractivity contribution in [1.29, 1.82) is 0 Å². The number of nitrogens with one attached hydrogen (secondary N) is 1. The summed E-state index contributed by atoms with van der Waals surface area (Å²) in [6.07, 6.45) is 6.01. The molecule has 9 heteroatoms. The molecule has 1 aliphatic heterocycles. The largest absolute Gasteiger partial charge is 0.472 e. The summed E-state index contributed by atoms with van der Waals surface area (Å²) in [7, 11) is 0. The predicted octanol–water partition coefficient (Wildman–Crippen LogP) is 3.13. The summed E-state index contributed by atoms with van der Waals surface area (Å²) >= 11 is 0. The third-order valence-corrected chi connectivity index (χ3v) is 5.30. The van der Waals surface area contributed by atoms with Crippen LogP contribution >= 0.6 is 0 Å². The molecule has 2 amide bonds. The van der Waals surface area contributed by atoms with Crippen LogP contribution in [-0.2, 0) is 9.53 Å². The second-order valence-corrected chi connectivity index (χ2v) is 7.51. The minimum atomic E-state index is -0.484. The molecule has 0 spiro atoms. The molecule has 1 saturated heterocycles. The zero-order valence-electron chi connectivity index (χ0n) is 17.7. The highest BCUT2D eigenvalue weighted by Crippen LogP contribution is 2.22. The Morgan fingerprint density at radius 3 is 2.91 bits per heavy atom. The molecule has 0 unspecified atom stereocenters. The molecule has 0 aliphatic carbocycles. The number of piperidine rings is 1. The molecule has 1 atom stereocenters. The van der Waals surface area contributed by atoms with Crippen LogP contribution in [0.15, 0.2) is 59.5 Å². The topological polar surface area (TPSA) is 107 Å². The number of hydrogen-bond acceptors (Lipinski definition) is 6. The van der Waals surface area contributed by atoms with Gasteiger partial charge in [0.25, 0.3) is 5.91 Å². The van der Waals surface area contributed by atoms with Crippen molar-refractivity contribution in [3.8, 4) is 5.69 Å². The molecule has 4 rings (SSSR count). The van der Waals surface area contributed by atoms with E-state index in [9.17, 15) is 14.4 Å². The fourth-order valence-electron chi connectivity index (χ4n) is 3.70. The van der Waals surface area contributed by atoms with Crippen LogP contribution in [-0.4, -0.2) is 52.2 Å². The Labute approximate surface area is 184 Å². The molecule has 0 radical (unpaired) electrons. The van der Waals surface area contributed by atoms with E-state index in [1.165, 1.54) is 12.5 Å². The third kappa shape index (κ3) is 4.72. The summed E-state index contributed by atoms with van der Waals surface area (Å²) in [5.41, 5.74) is 2.00. The summed E-state index contributed by atoms with van der Waals surface area (Å²) < 4.78 is 11.5. The van der Waals surface area contributed by atoms with Gasteiger partial charge in [-0.3, -0.25) is 9.59 Å². The standard InChI is InChI=1S/C23H24N4O5/c1-2-32-23(30)20-8-11-27(25-20)19-7-3-6-18(13-19)24-21(28)16-5-4-10-26(14-16)22(29)17-9-12-31-15-17/h3,6-9,11-13,15-16H,2,4-5,10,14H2,1H3,(H,24,28)/t16-/m0/s1. The van der Waals surface area contributed by atoms with Gasteiger partial charge < -0.3 is 19.4 Å². The summed E-state index contributed by atoms with van der Waals surface area (Å²) in [6, 6.07) is 10.4. The number of hydrogen-bond donors (Lipinski definition) is 1. The lowest BCUT2D eigenvalue weighted by Gasteiger charge is -2.31. The zero-order chi connectivity index (χ0) is 22.5. The Morgan fingerprint density at radius 2 is 2.12 bits per heavy atom. The fraction of sp³-hybridized carbons (Fsp3) is 0.304. The monoisotopic (exact) mass is 436 g/mol. The van der Waals surface area contributed by atoms with Crippen LogP contribution in [0, 0.1) is 5.92 Å². The van der Waals surface area contributed by atoms with Gasteiger partial charge in [0.1, 0.15) is 6.26 Å². The maximum Gasteiger partial charge on any atom is 0.358 e. The summed E-state index contributed by atoms with van der Waals surface area (Å²) in [6.45, 7) is 2.99. The first-order chi connectivity index (χ1) is 15.5. The number of carbonyl (C=O) groups is 3. The van der Waals surface area contributed by atoms with Crippen LogP contribution in [0.25, 0.3) is 5.69 Å². The van der Waals surface area contributed by atoms with Crippen molar-refractivity contribution >= 4 is 23.5 Å². The molecule has 3 heterocycles. The van der Waals surface area contributed by atoms with Crippen molar-refractivity contribution in [3.05, 3.63) is 66.4 Å². The molecule has 32 heavy (non-hydrogen) atoms. The second-order valence-electron chi connectivity index (χ2n) is 7.51. The minimum absolute atomic E-state index is 0.130. The first-order valence-corrected chi connectivity index (χ1v) is 10.5. The van der Waals surface area contributed by atoms with Gasteiger partial charge in [0.05, 0.1) is 30.0 Å². The Balaban J connectivity index is 1.41. The van der Waals surface area contributed by atoms with Crippen LogP contribution in [0.3, 0.4) is 0 Å². The van der Waals surface area contributed by atoms with Gasteiger partial charge in [-0.15, -0.1) is 0 Å². The number of likely N-dealkylation sites (tertiary alicyclic amines) is 1. The number of esters is 1. The highest BCUT2D eigenvalue weighted by molar-refractivity contribution is 5.96. The Bertz CT molecular complexity index is 1110. The lowest BCUT2D eigenvalue weighted by atomic mass is 9.96. The molecule has 1 fully saturated rings. The lowest BCUT2D eigenvalue weighted by molar-refractivity contribution is -0.121. The number of carbonyl (C=O) groups excluding carboxylic acids is 3. The van der Waals surface area contributed by atoms with E-state index in [0.717, 1.165) is 6.42 Å². The van der Waals surface area contributed by atoms with E-state index in [2.05, 4.69) is 10.4 Å². The molecule has 9 nitrogen and oxygen atoms in total. The SMILES string of the molecule is CCOC(=O)c1ccn(-c2cccc(NC(=O)[C@H]3CCCN(C(=O)c4ccoc4)C3)c2)n1. The van der Waals surface area contributed by atoms with E-state index < -0.39 is 5.97 Å². The highest BCUT2D eigenvalue weighted by atomic mass is 16.5. The fourth-order valence-corrected chi connectivity index (χ4v) is 3.70. The maximum absolute atomic E-state index is 12.9. The predicted molar refractivity (Wildman–Crippen MR) is 115 cm³/mol. The molecule has 166 valence electrons. The third-order valence-electron chi connectivity index (χ3n) is 5.30. The molecule has 0 saturated carbocycles. The van der Waals surface area contributed by atoms with E-state index in [1.807, 2.05) is 6.07 Å². The van der Waals surface area contributed by atoms with Crippen molar-refractivity contribution in [3.63, 3.8) is 0 Å². The van der Waals surface area contributed by atoms with Gasteiger partial charge in [0, 0.05) is 25.0 Å². The van der Waals surface area contributed by atoms with Gasteiger partial charge in [-0.05, 0) is 50.1 Å². The van der Waals surface area contributed by atoms with Crippen LogP contribution in [0.1, 0.15) is 40.6 Å². The van der Waals surface area contributed by atoms with Gasteiger partial charge in [0.15, 0.2) is 5.69 Å². The molecule has 1 aromatic carbocycles. The first-order valence-electron chi connectivity index (χ1n) is 10.5. The van der Waals surface area contributed by atoms with E-state index in [4.69, 9.17) is 9.15 Å². The van der Waals surface area contributed by atoms with Gasteiger partial charge in [-0.1, -0.05) is 6.07 Å². The van der Waals surface area contributed by atoms with Crippen LogP contribution in [0.4, 0.5) is 5.69 Å². The van der Waals surface area contributed by atoms with E-state index in [1.54, 1.807) is 53.0 Å². The van der Waals surface area contributed by atoms with Crippen molar-refractivity contribution < 1.29 is 23.5 Å². The molecular formula is C23H24N4O5. The number of rotatable bonds is 6. The summed E-state index contributed by atoms with van der Waals surface area (Å²) in [5.74, 6) is -1.06. The number of ether oxygens (including phenoxy) is 1. The average molecular weight is 436 g/mol. The number of benzene rings is 1. The van der Waals surface area contributed by atoms with Crippen molar-refractivity contribution in [2.45, 2.75) is 19.8 Å². The Kier molecular flexibility index (Phi) is 6.34. The van der Waals surface area contributed by atoms with Crippen LogP contribution in [0.2, 0.25) is 0 Å². The van der Waals surface area contributed by atoms with Crippen molar-refractivity contribution in [2.24, 2.45) is 5.92 Å². The van der Waals surface area contributed by atoms with E-state index in [0.29, 0.717) is 36.4 Å². The number of furan rings is 1. The van der Waals surface area contributed by atoms with Crippen molar-refractivity contribution in [1.82, 2.24) is 14.7 Å². The van der Waals surface area contributed by atoms with Gasteiger partial charge in [-0.2, -0.15) is 5.10 Å². The summed E-state index contributed by atoms with van der Waals surface area (Å²) in [5, 5.41) is 7.18. The molecule has 1 N–H and O–H groups in total. The van der Waals surface area contributed by atoms with E-state index >= 15 is 0 Å². The minimum Gasteiger partial charge on any atom is -0.472 e. The Hall–Kier alpha value is -3.88. The molecule has 3 aromatic rings. The summed E-state index contributed by atoms with van der Waals surface area (Å²) in [4.78, 5) is 39.0.